The van der Waals surface area contributed by atoms with E-state index in [1.807, 2.05) is 36.4 Å². The number of hydrogen-bond acceptors (Lipinski definition) is 4. The van der Waals surface area contributed by atoms with Crippen molar-refractivity contribution < 1.29 is 22.8 Å². The molecule has 0 radical (unpaired) electrons. The number of ether oxygens (including phenoxy) is 1. The summed E-state index contributed by atoms with van der Waals surface area (Å²) in [6.45, 7) is 0.774. The minimum absolute atomic E-state index is 0.0132. The van der Waals surface area contributed by atoms with Gasteiger partial charge in [-0.3, -0.25) is 4.79 Å². The molecule has 0 aliphatic rings. The quantitative estimate of drug-likeness (QED) is 0.444. The minimum atomic E-state index is -0.749. The molecule has 0 saturated carbocycles. The highest BCUT2D eigenvalue weighted by Gasteiger charge is 2.11. The molecule has 158 valence electrons. The lowest BCUT2D eigenvalue weighted by molar-refractivity contribution is -0.130. The molecule has 3 rings (SSSR count). The van der Waals surface area contributed by atoms with E-state index in [9.17, 15) is 13.6 Å². The van der Waals surface area contributed by atoms with Gasteiger partial charge in [-0.2, -0.15) is 0 Å². The normalized spacial score (nSPS) is 10.8. The van der Waals surface area contributed by atoms with Gasteiger partial charge in [0.15, 0.2) is 11.6 Å². The van der Waals surface area contributed by atoms with E-state index in [-0.39, 0.29) is 18.3 Å². The van der Waals surface area contributed by atoms with Crippen LogP contribution in [0.3, 0.4) is 0 Å². The van der Waals surface area contributed by atoms with Crippen molar-refractivity contribution in [2.24, 2.45) is 0 Å². The van der Waals surface area contributed by atoms with Crippen molar-refractivity contribution in [1.29, 1.82) is 0 Å². The van der Waals surface area contributed by atoms with Crippen LogP contribution >= 0.6 is 0 Å². The summed E-state index contributed by atoms with van der Waals surface area (Å²) in [6.07, 6.45) is 2.18. The van der Waals surface area contributed by atoms with Gasteiger partial charge in [-0.1, -0.05) is 35.5 Å². The molecule has 1 heterocycles. The highest BCUT2D eigenvalue weighted by atomic mass is 19.1. The first-order valence-electron chi connectivity index (χ1n) is 9.86. The molecule has 0 saturated heterocycles. The molecule has 30 heavy (non-hydrogen) atoms. The molecule has 1 amide bonds. The van der Waals surface area contributed by atoms with Gasteiger partial charge in [0, 0.05) is 44.1 Å². The van der Waals surface area contributed by atoms with Crippen LogP contribution in [-0.4, -0.2) is 36.2 Å². The Morgan fingerprint density at radius 2 is 1.90 bits per heavy atom. The number of amides is 1. The van der Waals surface area contributed by atoms with Gasteiger partial charge < -0.3 is 14.2 Å². The van der Waals surface area contributed by atoms with E-state index in [1.165, 1.54) is 6.07 Å². The largest absolute Gasteiger partial charge is 0.491 e. The van der Waals surface area contributed by atoms with Crippen LogP contribution in [0.25, 0.3) is 11.3 Å². The third kappa shape index (κ3) is 6.14. The third-order valence-corrected chi connectivity index (χ3v) is 4.66. The van der Waals surface area contributed by atoms with Crippen molar-refractivity contribution in [3.8, 4) is 17.0 Å². The second-order valence-electron chi connectivity index (χ2n) is 6.99. The summed E-state index contributed by atoms with van der Waals surface area (Å²) in [6, 6.07) is 14.9. The van der Waals surface area contributed by atoms with Gasteiger partial charge in [-0.05, 0) is 25.0 Å². The Labute approximate surface area is 174 Å². The van der Waals surface area contributed by atoms with Crippen LogP contribution in [0.4, 0.5) is 8.78 Å². The lowest BCUT2D eigenvalue weighted by Gasteiger charge is -2.16. The summed E-state index contributed by atoms with van der Waals surface area (Å²) < 4.78 is 37.0. The summed E-state index contributed by atoms with van der Waals surface area (Å²) >= 11 is 0. The van der Waals surface area contributed by atoms with Crippen LogP contribution in [0.1, 0.15) is 25.0 Å². The molecule has 7 heteroatoms. The molecule has 0 aliphatic heterocycles. The SMILES string of the molecule is CN(CCCc1cc(-c2ccccc2)no1)C(=O)CCCOc1ccc(F)cc1F. The van der Waals surface area contributed by atoms with E-state index in [2.05, 4.69) is 5.16 Å². The number of aryl methyl sites for hydroxylation is 1. The monoisotopic (exact) mass is 414 g/mol. The van der Waals surface area contributed by atoms with Crippen molar-refractivity contribution in [1.82, 2.24) is 10.1 Å². The molecule has 1 aromatic heterocycles. The number of halogens is 2. The van der Waals surface area contributed by atoms with Gasteiger partial charge in [-0.15, -0.1) is 0 Å². The zero-order valence-electron chi connectivity index (χ0n) is 16.8. The van der Waals surface area contributed by atoms with E-state index < -0.39 is 11.6 Å². The molecule has 0 fully saturated rings. The predicted octanol–water partition coefficient (Wildman–Crippen LogP) is 4.87. The Hall–Kier alpha value is -3.22. The summed E-state index contributed by atoms with van der Waals surface area (Å²) in [7, 11) is 1.75. The molecule has 0 spiro atoms. The molecule has 0 N–H and O–H groups in total. The second-order valence-corrected chi connectivity index (χ2v) is 6.99. The predicted molar refractivity (Wildman–Crippen MR) is 109 cm³/mol. The molecular formula is C23H24F2N2O3. The maximum Gasteiger partial charge on any atom is 0.222 e. The zero-order chi connectivity index (χ0) is 21.3. The van der Waals surface area contributed by atoms with Crippen molar-refractivity contribution >= 4 is 5.91 Å². The number of aromatic nitrogens is 1. The van der Waals surface area contributed by atoms with Crippen LogP contribution in [0.5, 0.6) is 5.75 Å². The van der Waals surface area contributed by atoms with Crippen LogP contribution in [0.15, 0.2) is 59.1 Å². The summed E-state index contributed by atoms with van der Waals surface area (Å²) in [5.74, 6) is -0.649. The maximum absolute atomic E-state index is 13.5. The molecule has 5 nitrogen and oxygen atoms in total. The number of hydrogen-bond donors (Lipinski definition) is 0. The highest BCUT2D eigenvalue weighted by molar-refractivity contribution is 5.75. The fourth-order valence-electron chi connectivity index (χ4n) is 2.98. The van der Waals surface area contributed by atoms with E-state index in [0.29, 0.717) is 25.8 Å². The summed E-state index contributed by atoms with van der Waals surface area (Å²) in [5, 5.41) is 4.09. The van der Waals surface area contributed by atoms with Crippen molar-refractivity contribution in [2.45, 2.75) is 25.7 Å². The molecule has 2 aromatic carbocycles. The Balaban J connectivity index is 1.34. The number of rotatable bonds is 10. The second kappa shape index (κ2) is 10.5. The van der Waals surface area contributed by atoms with Crippen LogP contribution in [-0.2, 0) is 11.2 Å². The van der Waals surface area contributed by atoms with E-state index in [0.717, 1.165) is 35.6 Å². The van der Waals surface area contributed by atoms with E-state index in [4.69, 9.17) is 9.26 Å². The zero-order valence-corrected chi connectivity index (χ0v) is 16.8. The first-order valence-corrected chi connectivity index (χ1v) is 9.86. The molecule has 0 atom stereocenters. The smallest absolute Gasteiger partial charge is 0.222 e. The fraction of sp³-hybridized carbons (Fsp3) is 0.304. The molecule has 0 bridgehead atoms. The molecule has 0 unspecified atom stereocenters. The maximum atomic E-state index is 13.5. The average molecular weight is 414 g/mol. The van der Waals surface area contributed by atoms with Gasteiger partial charge in [-0.25, -0.2) is 8.78 Å². The van der Waals surface area contributed by atoms with Gasteiger partial charge >= 0.3 is 0 Å². The standard InChI is InChI=1S/C23H24F2N2O3/c1-27(23(28)10-6-14-29-22-12-11-18(24)15-20(22)25)13-5-9-19-16-21(26-30-19)17-7-3-2-4-8-17/h2-4,7-8,11-12,15-16H,5-6,9-10,13-14H2,1H3. The van der Waals surface area contributed by atoms with Crippen LogP contribution in [0.2, 0.25) is 0 Å². The first-order chi connectivity index (χ1) is 14.5. The fourth-order valence-corrected chi connectivity index (χ4v) is 2.98. The first kappa shape index (κ1) is 21.5. The summed E-state index contributed by atoms with van der Waals surface area (Å²) in [4.78, 5) is 13.9. The average Bonchev–Trinajstić information content (AvgIpc) is 3.22. The van der Waals surface area contributed by atoms with E-state index >= 15 is 0 Å². The third-order valence-electron chi connectivity index (χ3n) is 4.66. The molecular weight excluding hydrogens is 390 g/mol. The topological polar surface area (TPSA) is 55.6 Å². The van der Waals surface area contributed by atoms with Crippen molar-refractivity contribution in [2.75, 3.05) is 20.2 Å². The number of benzene rings is 2. The van der Waals surface area contributed by atoms with Gasteiger partial charge in [0.1, 0.15) is 17.3 Å². The van der Waals surface area contributed by atoms with Crippen molar-refractivity contribution in [3.63, 3.8) is 0 Å². The number of carbonyl (C=O) groups is 1. The Morgan fingerprint density at radius 3 is 2.67 bits per heavy atom. The Morgan fingerprint density at radius 1 is 1.10 bits per heavy atom. The van der Waals surface area contributed by atoms with Crippen LogP contribution in [0, 0.1) is 11.6 Å². The van der Waals surface area contributed by atoms with Gasteiger partial charge in [0.2, 0.25) is 5.91 Å². The van der Waals surface area contributed by atoms with E-state index in [1.54, 1.807) is 11.9 Å². The van der Waals surface area contributed by atoms with Gasteiger partial charge in [0.05, 0.1) is 6.61 Å². The lowest BCUT2D eigenvalue weighted by Crippen LogP contribution is -2.28. The molecule has 3 aromatic rings. The highest BCUT2D eigenvalue weighted by Crippen LogP contribution is 2.20. The van der Waals surface area contributed by atoms with Crippen molar-refractivity contribution in [3.05, 3.63) is 72.0 Å². The Kier molecular flexibility index (Phi) is 7.54. The van der Waals surface area contributed by atoms with Gasteiger partial charge in [0.25, 0.3) is 0 Å². The number of nitrogens with zero attached hydrogens (tertiary/aromatic N) is 2. The lowest BCUT2D eigenvalue weighted by atomic mass is 10.1. The minimum Gasteiger partial charge on any atom is -0.491 e. The van der Waals surface area contributed by atoms with Crippen LogP contribution < -0.4 is 4.74 Å². The number of carbonyl (C=O) groups excluding carboxylic acids is 1. The summed E-state index contributed by atoms with van der Waals surface area (Å²) in [5.41, 5.74) is 1.80. The molecule has 0 aliphatic carbocycles. The Bertz CT molecular complexity index is 960.